The third-order valence-electron chi connectivity index (χ3n) is 3.61. The summed E-state index contributed by atoms with van der Waals surface area (Å²) >= 11 is 0. The Morgan fingerprint density at radius 1 is 1.35 bits per heavy atom. The lowest BCUT2D eigenvalue weighted by Crippen LogP contribution is -2.35. The Kier molecular flexibility index (Phi) is 4.40. The summed E-state index contributed by atoms with van der Waals surface area (Å²) in [4.78, 5) is 23.5. The van der Waals surface area contributed by atoms with Crippen LogP contribution in [-0.2, 0) is 10.3 Å². The minimum absolute atomic E-state index is 0.294. The Labute approximate surface area is 133 Å². The number of amides is 1. The minimum Gasteiger partial charge on any atom is -0.497 e. The van der Waals surface area contributed by atoms with E-state index in [1.54, 1.807) is 25.3 Å². The van der Waals surface area contributed by atoms with Gasteiger partial charge in [-0.2, -0.15) is 5.10 Å². The Bertz CT molecular complexity index is 750. The van der Waals surface area contributed by atoms with Gasteiger partial charge in [0.2, 0.25) is 0 Å². The number of anilines is 1. The largest absolute Gasteiger partial charge is 0.497 e. The van der Waals surface area contributed by atoms with Crippen molar-refractivity contribution in [2.45, 2.75) is 26.3 Å². The molecule has 0 radical (unpaired) electrons. The summed E-state index contributed by atoms with van der Waals surface area (Å²) in [6.07, 6.45) is 2.91. The first-order chi connectivity index (χ1) is 10.8. The molecule has 1 amide bonds. The number of carboxylic acid groups (broad SMARTS) is 1. The van der Waals surface area contributed by atoms with E-state index in [4.69, 9.17) is 4.74 Å². The molecule has 0 atom stereocenters. The molecule has 122 valence electrons. The zero-order valence-corrected chi connectivity index (χ0v) is 13.5. The van der Waals surface area contributed by atoms with Crippen LogP contribution in [0.25, 0.3) is 0 Å². The van der Waals surface area contributed by atoms with E-state index in [1.807, 2.05) is 6.92 Å². The van der Waals surface area contributed by atoms with Gasteiger partial charge in [-0.1, -0.05) is 0 Å². The molecule has 0 aliphatic heterocycles. The number of methoxy groups -OCH3 is 1. The van der Waals surface area contributed by atoms with E-state index in [2.05, 4.69) is 10.4 Å². The molecule has 1 heterocycles. The number of carbonyl (C=O) groups excluding carboxylic acids is 1. The number of ether oxygens (including phenoxy) is 1. The van der Waals surface area contributed by atoms with E-state index in [9.17, 15) is 14.7 Å². The highest BCUT2D eigenvalue weighted by Crippen LogP contribution is 2.20. The smallest absolute Gasteiger partial charge is 0.331 e. The molecule has 7 nitrogen and oxygen atoms in total. The molecule has 0 aliphatic carbocycles. The normalized spacial score (nSPS) is 11.1. The van der Waals surface area contributed by atoms with Crippen molar-refractivity contribution in [3.8, 4) is 5.75 Å². The van der Waals surface area contributed by atoms with Crippen LogP contribution >= 0.6 is 0 Å². The van der Waals surface area contributed by atoms with E-state index in [0.717, 1.165) is 5.56 Å². The van der Waals surface area contributed by atoms with Crippen LogP contribution < -0.4 is 10.1 Å². The number of aliphatic carboxylic acids is 1. The molecule has 2 N–H and O–H groups in total. The first-order valence-corrected chi connectivity index (χ1v) is 7.00. The summed E-state index contributed by atoms with van der Waals surface area (Å²) in [7, 11) is 1.56. The summed E-state index contributed by atoms with van der Waals surface area (Å²) in [5.74, 6) is -0.627. The number of carbonyl (C=O) groups is 2. The fraction of sp³-hybridized carbons (Fsp3) is 0.312. The Morgan fingerprint density at radius 2 is 2.04 bits per heavy atom. The summed E-state index contributed by atoms with van der Waals surface area (Å²) in [5.41, 5.74) is 0.523. The van der Waals surface area contributed by atoms with Gasteiger partial charge in [-0.25, -0.2) is 4.79 Å². The number of nitrogens with one attached hydrogen (secondary N) is 1. The number of hydrogen-bond donors (Lipinski definition) is 2. The van der Waals surface area contributed by atoms with Gasteiger partial charge in [0, 0.05) is 11.8 Å². The topological polar surface area (TPSA) is 93.5 Å². The highest BCUT2D eigenvalue weighted by Gasteiger charge is 2.30. The van der Waals surface area contributed by atoms with Gasteiger partial charge in [-0.3, -0.25) is 9.48 Å². The van der Waals surface area contributed by atoms with Gasteiger partial charge in [-0.05, 0) is 44.5 Å². The molecule has 0 saturated carbocycles. The van der Waals surface area contributed by atoms with Crippen molar-refractivity contribution in [2.75, 3.05) is 12.4 Å². The molecule has 1 aromatic heterocycles. The molecule has 0 saturated heterocycles. The third kappa shape index (κ3) is 3.33. The quantitative estimate of drug-likeness (QED) is 0.882. The van der Waals surface area contributed by atoms with Gasteiger partial charge in [0.1, 0.15) is 5.75 Å². The maximum absolute atomic E-state index is 12.3. The van der Waals surface area contributed by atoms with Crippen LogP contribution in [0.1, 0.15) is 29.8 Å². The molecule has 0 unspecified atom stereocenters. The van der Waals surface area contributed by atoms with Gasteiger partial charge in [0.25, 0.3) is 5.91 Å². The fourth-order valence-corrected chi connectivity index (χ4v) is 2.01. The molecule has 0 spiro atoms. The molecule has 2 aromatic rings. The first-order valence-electron chi connectivity index (χ1n) is 7.00. The van der Waals surface area contributed by atoms with Crippen LogP contribution in [-0.4, -0.2) is 33.9 Å². The third-order valence-corrected chi connectivity index (χ3v) is 3.61. The van der Waals surface area contributed by atoms with Crippen molar-refractivity contribution in [2.24, 2.45) is 0 Å². The highest BCUT2D eigenvalue weighted by atomic mass is 16.5. The van der Waals surface area contributed by atoms with Crippen LogP contribution in [0.2, 0.25) is 0 Å². The van der Waals surface area contributed by atoms with Crippen LogP contribution in [0.5, 0.6) is 5.75 Å². The maximum atomic E-state index is 12.3. The van der Waals surface area contributed by atoms with E-state index in [-0.39, 0.29) is 5.91 Å². The predicted molar refractivity (Wildman–Crippen MR) is 84.9 cm³/mol. The van der Waals surface area contributed by atoms with Crippen molar-refractivity contribution in [3.63, 3.8) is 0 Å². The SMILES string of the molecule is COc1ccc(C(=O)Nc2cnn(C(C)(C)C(=O)O)c2)c(C)c1. The maximum Gasteiger partial charge on any atom is 0.331 e. The number of aromatic nitrogens is 2. The predicted octanol–water partition coefficient (Wildman–Crippen LogP) is 2.27. The zero-order chi connectivity index (χ0) is 17.2. The number of rotatable bonds is 5. The molecule has 2 rings (SSSR count). The lowest BCUT2D eigenvalue weighted by Gasteiger charge is -2.19. The molecule has 1 aromatic carbocycles. The van der Waals surface area contributed by atoms with Crippen LogP contribution in [0.15, 0.2) is 30.6 Å². The Hall–Kier alpha value is -2.83. The average molecular weight is 317 g/mol. The van der Waals surface area contributed by atoms with E-state index < -0.39 is 11.5 Å². The second-order valence-electron chi connectivity index (χ2n) is 5.67. The lowest BCUT2D eigenvalue weighted by atomic mass is 10.1. The second kappa shape index (κ2) is 6.12. The second-order valence-corrected chi connectivity index (χ2v) is 5.67. The summed E-state index contributed by atoms with van der Waals surface area (Å²) in [5, 5.41) is 15.9. The molecule has 0 bridgehead atoms. The minimum atomic E-state index is -1.20. The number of hydrogen-bond acceptors (Lipinski definition) is 4. The highest BCUT2D eigenvalue weighted by molar-refractivity contribution is 6.05. The standard InChI is InChI=1S/C16H19N3O4/c1-10-7-12(23-4)5-6-13(10)14(20)18-11-8-17-19(9-11)16(2,3)15(21)22/h5-9H,1-4H3,(H,18,20)(H,21,22). The van der Waals surface area contributed by atoms with Crippen molar-refractivity contribution >= 4 is 17.6 Å². The molecular weight excluding hydrogens is 298 g/mol. The number of aryl methyl sites for hydroxylation is 1. The first kappa shape index (κ1) is 16.5. The van der Waals surface area contributed by atoms with Gasteiger partial charge in [0.15, 0.2) is 5.54 Å². The molecular formula is C16H19N3O4. The van der Waals surface area contributed by atoms with Crippen molar-refractivity contribution < 1.29 is 19.4 Å². The summed E-state index contributed by atoms with van der Waals surface area (Å²) in [6.45, 7) is 4.87. The van der Waals surface area contributed by atoms with Crippen molar-refractivity contribution in [1.29, 1.82) is 0 Å². The zero-order valence-electron chi connectivity index (χ0n) is 13.5. The van der Waals surface area contributed by atoms with Crippen LogP contribution in [0.4, 0.5) is 5.69 Å². The van der Waals surface area contributed by atoms with E-state index in [0.29, 0.717) is 17.0 Å². The Balaban J connectivity index is 2.19. The van der Waals surface area contributed by atoms with Gasteiger partial charge >= 0.3 is 5.97 Å². The van der Waals surface area contributed by atoms with E-state index >= 15 is 0 Å². The fourth-order valence-electron chi connectivity index (χ4n) is 2.01. The number of carboxylic acids is 1. The Morgan fingerprint density at radius 3 is 2.61 bits per heavy atom. The van der Waals surface area contributed by atoms with Crippen LogP contribution in [0, 0.1) is 6.92 Å². The summed E-state index contributed by atoms with van der Waals surface area (Å²) < 4.78 is 6.41. The van der Waals surface area contributed by atoms with Crippen LogP contribution in [0.3, 0.4) is 0 Å². The summed E-state index contributed by atoms with van der Waals surface area (Å²) in [6, 6.07) is 5.15. The van der Waals surface area contributed by atoms with E-state index in [1.165, 1.54) is 30.9 Å². The van der Waals surface area contributed by atoms with Crippen molar-refractivity contribution in [1.82, 2.24) is 9.78 Å². The lowest BCUT2D eigenvalue weighted by molar-refractivity contribution is -0.146. The molecule has 0 aliphatic rings. The molecule has 23 heavy (non-hydrogen) atoms. The van der Waals surface area contributed by atoms with Crippen molar-refractivity contribution in [3.05, 3.63) is 41.7 Å². The number of nitrogens with zero attached hydrogens (tertiary/aromatic N) is 2. The molecule has 0 fully saturated rings. The molecule has 7 heteroatoms. The van der Waals surface area contributed by atoms with Gasteiger partial charge in [0.05, 0.1) is 19.0 Å². The monoisotopic (exact) mass is 317 g/mol. The number of benzene rings is 1. The average Bonchev–Trinajstić information content (AvgIpc) is 2.95. The van der Waals surface area contributed by atoms with Gasteiger partial charge < -0.3 is 15.2 Å². The van der Waals surface area contributed by atoms with Gasteiger partial charge in [-0.15, -0.1) is 0 Å².